The van der Waals surface area contributed by atoms with Crippen molar-refractivity contribution in [3.63, 3.8) is 0 Å². The SMILES string of the molecule is O=C1c2ccc3c4c(ccc(c24)C(=O)N1c1ccc(Cl)cc1Cl)CC3. The molecule has 0 spiro atoms. The smallest absolute Gasteiger partial charge is 0.266 e. The molecule has 1 heterocycles. The Kier molecular flexibility index (Phi) is 3.03. The molecule has 122 valence electrons. The summed E-state index contributed by atoms with van der Waals surface area (Å²) in [7, 11) is 0. The largest absolute Gasteiger partial charge is 0.268 e. The van der Waals surface area contributed by atoms with Crippen LogP contribution in [0.2, 0.25) is 10.0 Å². The number of hydrogen-bond acceptors (Lipinski definition) is 2. The lowest BCUT2D eigenvalue weighted by Crippen LogP contribution is -2.40. The summed E-state index contributed by atoms with van der Waals surface area (Å²) in [6.45, 7) is 0. The predicted molar refractivity (Wildman–Crippen MR) is 99.0 cm³/mol. The molecule has 0 atom stereocenters. The molecule has 3 aromatic carbocycles. The van der Waals surface area contributed by atoms with Crippen LogP contribution in [-0.2, 0) is 12.8 Å². The molecular weight excluding hydrogens is 357 g/mol. The first-order valence-corrected chi connectivity index (χ1v) is 8.73. The minimum absolute atomic E-state index is 0.270. The van der Waals surface area contributed by atoms with Crippen molar-refractivity contribution in [1.29, 1.82) is 0 Å². The Balaban J connectivity index is 1.80. The van der Waals surface area contributed by atoms with Gasteiger partial charge in [-0.3, -0.25) is 9.59 Å². The van der Waals surface area contributed by atoms with Crippen LogP contribution in [-0.4, -0.2) is 11.8 Å². The normalized spacial score (nSPS) is 15.4. The number of hydrogen-bond donors (Lipinski definition) is 0. The van der Waals surface area contributed by atoms with E-state index in [-0.39, 0.29) is 16.8 Å². The van der Waals surface area contributed by atoms with Gasteiger partial charge >= 0.3 is 0 Å². The van der Waals surface area contributed by atoms with E-state index in [1.54, 1.807) is 12.1 Å². The molecule has 25 heavy (non-hydrogen) atoms. The van der Waals surface area contributed by atoms with Gasteiger partial charge in [0.05, 0.1) is 10.7 Å². The molecule has 0 N–H and O–H groups in total. The first kappa shape index (κ1) is 14.9. The molecule has 0 radical (unpaired) electrons. The minimum Gasteiger partial charge on any atom is -0.268 e. The molecule has 0 fully saturated rings. The molecule has 1 aliphatic heterocycles. The summed E-state index contributed by atoms with van der Waals surface area (Å²) in [5.41, 5.74) is 3.84. The van der Waals surface area contributed by atoms with Crippen LogP contribution in [0.1, 0.15) is 31.8 Å². The van der Waals surface area contributed by atoms with E-state index in [0.717, 1.165) is 28.5 Å². The van der Waals surface area contributed by atoms with Crippen molar-refractivity contribution in [2.75, 3.05) is 4.90 Å². The van der Waals surface area contributed by atoms with Crippen molar-refractivity contribution >= 4 is 51.5 Å². The van der Waals surface area contributed by atoms with Crippen LogP contribution in [0, 0.1) is 0 Å². The highest BCUT2D eigenvalue weighted by Gasteiger charge is 2.36. The maximum Gasteiger partial charge on any atom is 0.266 e. The van der Waals surface area contributed by atoms with Crippen LogP contribution < -0.4 is 4.90 Å². The van der Waals surface area contributed by atoms with Gasteiger partial charge in [0.15, 0.2) is 0 Å². The van der Waals surface area contributed by atoms with E-state index in [1.807, 2.05) is 24.3 Å². The van der Waals surface area contributed by atoms with Crippen molar-refractivity contribution in [2.45, 2.75) is 12.8 Å². The van der Waals surface area contributed by atoms with Gasteiger partial charge in [0, 0.05) is 21.5 Å². The number of imide groups is 1. The summed E-state index contributed by atoms with van der Waals surface area (Å²) in [5.74, 6) is -0.699. The maximum absolute atomic E-state index is 13.1. The molecule has 3 nitrogen and oxygen atoms in total. The van der Waals surface area contributed by atoms with Gasteiger partial charge < -0.3 is 0 Å². The number of carbonyl (C=O) groups is 2. The first-order valence-electron chi connectivity index (χ1n) is 7.97. The Hall–Kier alpha value is -2.36. The Labute approximate surface area is 153 Å². The third-order valence-corrected chi connectivity index (χ3v) is 5.55. The topological polar surface area (TPSA) is 37.4 Å². The van der Waals surface area contributed by atoms with Gasteiger partial charge in [0.2, 0.25) is 0 Å². The predicted octanol–water partition coefficient (Wildman–Crippen LogP) is 5.05. The number of carbonyl (C=O) groups excluding carboxylic acids is 2. The lowest BCUT2D eigenvalue weighted by Gasteiger charge is -2.28. The quantitative estimate of drug-likeness (QED) is 0.564. The molecule has 0 saturated carbocycles. The highest BCUT2D eigenvalue weighted by molar-refractivity contribution is 6.41. The lowest BCUT2D eigenvalue weighted by atomic mass is 9.91. The zero-order valence-corrected chi connectivity index (χ0v) is 14.5. The highest BCUT2D eigenvalue weighted by Crippen LogP contribution is 2.40. The molecule has 5 heteroatoms. The molecule has 0 unspecified atom stereocenters. The second kappa shape index (κ2) is 5.07. The monoisotopic (exact) mass is 367 g/mol. The number of benzene rings is 3. The number of aryl methyl sites for hydroxylation is 2. The van der Waals surface area contributed by atoms with Gasteiger partial charge in [-0.25, -0.2) is 4.90 Å². The van der Waals surface area contributed by atoms with Gasteiger partial charge in [0.25, 0.3) is 11.8 Å². The van der Waals surface area contributed by atoms with Gasteiger partial charge in [-0.1, -0.05) is 35.3 Å². The summed E-state index contributed by atoms with van der Waals surface area (Å²) in [6, 6.07) is 12.4. The van der Waals surface area contributed by atoms with Crippen LogP contribution in [0.3, 0.4) is 0 Å². The Morgan fingerprint density at radius 2 is 1.36 bits per heavy atom. The van der Waals surface area contributed by atoms with E-state index < -0.39 is 0 Å². The molecule has 0 aromatic heterocycles. The first-order chi connectivity index (χ1) is 12.1. The van der Waals surface area contributed by atoms with Crippen molar-refractivity contribution in [3.8, 4) is 0 Å². The fourth-order valence-corrected chi connectivity index (χ4v) is 4.39. The standard InChI is InChI=1S/C20H11Cl2NO2/c21-12-5-8-16(15(22)9-12)23-19(24)13-6-3-10-1-2-11-4-7-14(20(23)25)18(13)17(10)11/h3-9H,1-2H2. The second-order valence-corrected chi connectivity index (χ2v) is 7.18. The Morgan fingerprint density at radius 3 is 1.92 bits per heavy atom. The summed E-state index contributed by atoms with van der Waals surface area (Å²) in [5, 5.41) is 2.57. The lowest BCUT2D eigenvalue weighted by molar-refractivity contribution is 0.0893. The van der Waals surface area contributed by atoms with E-state index in [2.05, 4.69) is 0 Å². The number of rotatable bonds is 1. The third kappa shape index (κ3) is 1.94. The van der Waals surface area contributed by atoms with Gasteiger partial charge in [-0.15, -0.1) is 0 Å². The molecule has 5 rings (SSSR count). The van der Waals surface area contributed by atoms with E-state index in [4.69, 9.17) is 23.2 Å². The molecule has 2 aliphatic rings. The second-order valence-electron chi connectivity index (χ2n) is 6.34. The molecule has 2 amide bonds. The summed E-state index contributed by atoms with van der Waals surface area (Å²) in [6.07, 6.45) is 1.90. The van der Waals surface area contributed by atoms with Crippen molar-refractivity contribution in [3.05, 3.63) is 74.8 Å². The molecular formula is C20H11Cl2NO2. The van der Waals surface area contributed by atoms with Gasteiger partial charge in [-0.05, 0) is 59.7 Å². The Bertz CT molecular complexity index is 1060. The highest BCUT2D eigenvalue weighted by atomic mass is 35.5. The average Bonchev–Trinajstić information content (AvgIpc) is 3.01. The summed E-state index contributed by atoms with van der Waals surface area (Å²) in [4.78, 5) is 27.4. The van der Waals surface area contributed by atoms with Gasteiger partial charge in [0.1, 0.15) is 0 Å². The number of nitrogens with zero attached hydrogens (tertiary/aromatic N) is 1. The fraction of sp³-hybridized carbons (Fsp3) is 0.100. The van der Waals surface area contributed by atoms with Crippen molar-refractivity contribution in [1.82, 2.24) is 0 Å². The Morgan fingerprint density at radius 1 is 0.760 bits per heavy atom. The number of anilines is 1. The van der Waals surface area contributed by atoms with Crippen molar-refractivity contribution < 1.29 is 9.59 Å². The summed E-state index contributed by atoms with van der Waals surface area (Å²) < 4.78 is 0. The van der Waals surface area contributed by atoms with Crippen LogP contribution in [0.25, 0.3) is 10.8 Å². The van der Waals surface area contributed by atoms with Crippen LogP contribution >= 0.6 is 23.2 Å². The van der Waals surface area contributed by atoms with Crippen LogP contribution in [0.15, 0.2) is 42.5 Å². The number of amides is 2. The fourth-order valence-electron chi connectivity index (χ4n) is 3.90. The van der Waals surface area contributed by atoms with E-state index in [0.29, 0.717) is 21.8 Å². The minimum atomic E-state index is -0.350. The molecule has 1 aliphatic carbocycles. The van der Waals surface area contributed by atoms with Crippen molar-refractivity contribution in [2.24, 2.45) is 0 Å². The van der Waals surface area contributed by atoms with Gasteiger partial charge in [-0.2, -0.15) is 0 Å². The zero-order chi connectivity index (χ0) is 17.3. The van der Waals surface area contributed by atoms with E-state index >= 15 is 0 Å². The third-order valence-electron chi connectivity index (χ3n) is 5.01. The molecule has 0 saturated heterocycles. The van der Waals surface area contributed by atoms with Crippen LogP contribution in [0.5, 0.6) is 0 Å². The summed E-state index contributed by atoms with van der Waals surface area (Å²) >= 11 is 12.2. The molecule has 0 bridgehead atoms. The van der Waals surface area contributed by atoms with E-state index in [9.17, 15) is 9.59 Å². The maximum atomic E-state index is 13.1. The van der Waals surface area contributed by atoms with E-state index in [1.165, 1.54) is 17.2 Å². The zero-order valence-electron chi connectivity index (χ0n) is 13.0. The average molecular weight is 368 g/mol. The molecule has 3 aromatic rings. The van der Waals surface area contributed by atoms with Crippen LogP contribution in [0.4, 0.5) is 5.69 Å². The number of halogens is 2.